The second-order valence-electron chi connectivity index (χ2n) is 9.98. The van der Waals surface area contributed by atoms with Crippen LogP contribution in [0.3, 0.4) is 0 Å². The minimum atomic E-state index is -0.781. The van der Waals surface area contributed by atoms with Crippen LogP contribution in [-0.4, -0.2) is 41.9 Å². The molecule has 0 aliphatic rings. The molecule has 3 N–H and O–H groups in total. The number of nitrogens with one attached hydrogen (secondary N) is 1. The van der Waals surface area contributed by atoms with E-state index in [9.17, 15) is 9.90 Å². The van der Waals surface area contributed by atoms with Crippen molar-refractivity contribution < 1.29 is 19.7 Å². The lowest BCUT2D eigenvalue weighted by atomic mass is 9.70. The maximum atomic E-state index is 12.3. The zero-order valence-electron chi connectivity index (χ0n) is 21.3. The van der Waals surface area contributed by atoms with Gasteiger partial charge in [0.25, 0.3) is 0 Å². The van der Waals surface area contributed by atoms with Crippen LogP contribution in [0.4, 0.5) is 5.69 Å². The molecule has 0 amide bonds. The Morgan fingerprint density at radius 2 is 1.58 bits per heavy atom. The number of carbonyl (C=O) groups is 1. The Labute approximate surface area is 199 Å². The number of benzene rings is 2. The highest BCUT2D eigenvalue weighted by Crippen LogP contribution is 2.41. The van der Waals surface area contributed by atoms with Gasteiger partial charge in [-0.05, 0) is 61.1 Å². The summed E-state index contributed by atoms with van der Waals surface area (Å²) >= 11 is 0. The molecule has 0 saturated heterocycles. The number of carbonyl (C=O) groups excluding carboxylic acids is 1. The molecule has 0 fully saturated rings. The predicted octanol–water partition coefficient (Wildman–Crippen LogP) is 5.17. The van der Waals surface area contributed by atoms with Gasteiger partial charge in [-0.3, -0.25) is 4.79 Å². The number of rotatable bonds is 11. The van der Waals surface area contributed by atoms with E-state index >= 15 is 0 Å². The molecule has 1 atom stereocenters. The van der Waals surface area contributed by atoms with Crippen molar-refractivity contribution in [3.63, 3.8) is 0 Å². The third kappa shape index (κ3) is 6.36. The summed E-state index contributed by atoms with van der Waals surface area (Å²) in [6.45, 7) is 14.4. The second kappa shape index (κ2) is 11.2. The SMILES string of the molecule is CCC(CC)(c1ccc(NC[C@H](O)CO)c(C)c1)c1ccc(OCC(=O)C(C)(C)C)c(C)c1. The molecule has 0 unspecified atom stereocenters. The number of hydrogen-bond donors (Lipinski definition) is 3. The monoisotopic (exact) mass is 455 g/mol. The molecule has 33 heavy (non-hydrogen) atoms. The second-order valence-corrected chi connectivity index (χ2v) is 9.98. The summed E-state index contributed by atoms with van der Waals surface area (Å²) in [5, 5.41) is 21.9. The van der Waals surface area contributed by atoms with E-state index in [1.165, 1.54) is 11.1 Å². The number of aryl methyl sites for hydroxylation is 2. The van der Waals surface area contributed by atoms with Gasteiger partial charge in [0.1, 0.15) is 12.4 Å². The minimum Gasteiger partial charge on any atom is -0.486 e. The third-order valence-corrected chi connectivity index (χ3v) is 6.65. The summed E-state index contributed by atoms with van der Waals surface area (Å²) < 4.78 is 5.86. The first kappa shape index (κ1) is 26.9. The predicted molar refractivity (Wildman–Crippen MR) is 135 cm³/mol. The van der Waals surface area contributed by atoms with Crippen LogP contribution in [0.25, 0.3) is 0 Å². The number of hydrogen-bond acceptors (Lipinski definition) is 5. The molecule has 0 spiro atoms. The van der Waals surface area contributed by atoms with Crippen molar-refractivity contribution in [2.24, 2.45) is 5.41 Å². The van der Waals surface area contributed by atoms with E-state index in [4.69, 9.17) is 9.84 Å². The standard InChI is InChI=1S/C28H41NO4/c1-8-28(9-2,21-10-12-24(19(3)14-21)29-16-23(31)17-30)22-11-13-25(20(4)15-22)33-18-26(32)27(5,6)7/h10-15,23,29-31H,8-9,16-18H2,1-7H3/t23-/m0/s1. The van der Waals surface area contributed by atoms with Crippen LogP contribution in [0.2, 0.25) is 0 Å². The molecule has 5 heteroatoms. The van der Waals surface area contributed by atoms with Gasteiger partial charge in [-0.25, -0.2) is 0 Å². The third-order valence-electron chi connectivity index (χ3n) is 6.65. The highest BCUT2D eigenvalue weighted by atomic mass is 16.5. The molecule has 2 rings (SSSR count). The lowest BCUT2D eigenvalue weighted by molar-refractivity contribution is -0.128. The van der Waals surface area contributed by atoms with E-state index in [1.807, 2.05) is 33.8 Å². The molecule has 0 aromatic heterocycles. The fourth-order valence-electron chi connectivity index (χ4n) is 4.15. The number of ketones is 1. The van der Waals surface area contributed by atoms with Crippen molar-refractivity contribution in [2.75, 3.05) is 25.1 Å². The maximum absolute atomic E-state index is 12.3. The normalized spacial score (nSPS) is 13.0. The molecule has 0 heterocycles. The Bertz CT molecular complexity index is 941. The number of aliphatic hydroxyl groups excluding tert-OH is 2. The first-order valence-electron chi connectivity index (χ1n) is 11.9. The Morgan fingerprint density at radius 3 is 2.06 bits per heavy atom. The van der Waals surface area contributed by atoms with Gasteiger partial charge < -0.3 is 20.3 Å². The van der Waals surface area contributed by atoms with Crippen LogP contribution in [0.1, 0.15) is 69.7 Å². The van der Waals surface area contributed by atoms with Crippen LogP contribution >= 0.6 is 0 Å². The van der Waals surface area contributed by atoms with Gasteiger partial charge in [-0.1, -0.05) is 58.9 Å². The van der Waals surface area contributed by atoms with Gasteiger partial charge in [0, 0.05) is 23.1 Å². The Morgan fingerprint density at radius 1 is 1.00 bits per heavy atom. The molecule has 0 bridgehead atoms. The summed E-state index contributed by atoms with van der Waals surface area (Å²) in [6.07, 6.45) is 1.11. The van der Waals surface area contributed by atoms with E-state index in [2.05, 4.69) is 56.4 Å². The highest BCUT2D eigenvalue weighted by molar-refractivity contribution is 5.85. The van der Waals surface area contributed by atoms with Gasteiger partial charge in [0.15, 0.2) is 5.78 Å². The van der Waals surface area contributed by atoms with Crippen molar-refractivity contribution in [1.29, 1.82) is 0 Å². The van der Waals surface area contributed by atoms with E-state index in [1.54, 1.807) is 0 Å². The zero-order chi connectivity index (χ0) is 24.8. The maximum Gasteiger partial charge on any atom is 0.175 e. The largest absolute Gasteiger partial charge is 0.486 e. The number of anilines is 1. The summed E-state index contributed by atoms with van der Waals surface area (Å²) in [5.41, 5.74) is 5.00. The van der Waals surface area contributed by atoms with E-state index in [0.717, 1.165) is 35.4 Å². The van der Waals surface area contributed by atoms with E-state index in [-0.39, 0.29) is 24.4 Å². The smallest absolute Gasteiger partial charge is 0.175 e. The summed E-state index contributed by atoms with van der Waals surface area (Å²) in [4.78, 5) is 12.3. The summed E-state index contributed by atoms with van der Waals surface area (Å²) in [7, 11) is 0. The average molecular weight is 456 g/mol. The molecule has 2 aromatic carbocycles. The molecule has 0 saturated carbocycles. The lowest BCUT2D eigenvalue weighted by Gasteiger charge is -2.34. The van der Waals surface area contributed by atoms with Crippen LogP contribution in [-0.2, 0) is 10.2 Å². The molecule has 0 aliphatic carbocycles. The van der Waals surface area contributed by atoms with Crippen molar-refractivity contribution in [3.8, 4) is 5.75 Å². The summed E-state index contributed by atoms with van der Waals surface area (Å²) in [6, 6.07) is 12.7. The molecule has 2 aromatic rings. The van der Waals surface area contributed by atoms with Crippen LogP contribution in [0.5, 0.6) is 5.75 Å². The first-order chi connectivity index (χ1) is 15.5. The summed E-state index contributed by atoms with van der Waals surface area (Å²) in [5.74, 6) is 0.828. The van der Waals surface area contributed by atoms with Crippen LogP contribution in [0.15, 0.2) is 36.4 Å². The molecule has 5 nitrogen and oxygen atoms in total. The molecule has 0 radical (unpaired) electrons. The van der Waals surface area contributed by atoms with Crippen molar-refractivity contribution >= 4 is 11.5 Å². The van der Waals surface area contributed by atoms with Crippen LogP contribution in [0, 0.1) is 19.3 Å². The van der Waals surface area contributed by atoms with Gasteiger partial charge >= 0.3 is 0 Å². The van der Waals surface area contributed by atoms with Gasteiger partial charge in [0.2, 0.25) is 0 Å². The van der Waals surface area contributed by atoms with Gasteiger partial charge in [-0.15, -0.1) is 0 Å². The van der Waals surface area contributed by atoms with E-state index < -0.39 is 11.5 Å². The van der Waals surface area contributed by atoms with Gasteiger partial charge in [0.05, 0.1) is 12.7 Å². The Balaban J connectivity index is 2.32. The van der Waals surface area contributed by atoms with Gasteiger partial charge in [-0.2, -0.15) is 0 Å². The molecular formula is C28H41NO4. The lowest BCUT2D eigenvalue weighted by Crippen LogP contribution is -2.27. The highest BCUT2D eigenvalue weighted by Gasteiger charge is 2.31. The fourth-order valence-corrected chi connectivity index (χ4v) is 4.15. The minimum absolute atomic E-state index is 0.0784. The number of ether oxygens (including phenoxy) is 1. The molecule has 0 aliphatic heterocycles. The van der Waals surface area contributed by atoms with Crippen molar-refractivity contribution in [2.45, 2.75) is 72.8 Å². The Hall–Kier alpha value is -2.37. The molecular weight excluding hydrogens is 414 g/mol. The Kier molecular flexibility index (Phi) is 9.10. The number of Topliss-reactive ketones (excluding diaryl/α,β-unsaturated/α-hetero) is 1. The average Bonchev–Trinajstić information content (AvgIpc) is 2.78. The topological polar surface area (TPSA) is 78.8 Å². The fraction of sp³-hybridized carbons (Fsp3) is 0.536. The number of aliphatic hydroxyl groups is 2. The van der Waals surface area contributed by atoms with Crippen LogP contribution < -0.4 is 10.1 Å². The van der Waals surface area contributed by atoms with Crippen molar-refractivity contribution in [1.82, 2.24) is 0 Å². The van der Waals surface area contributed by atoms with E-state index in [0.29, 0.717) is 6.54 Å². The molecule has 182 valence electrons. The zero-order valence-corrected chi connectivity index (χ0v) is 21.3. The van der Waals surface area contributed by atoms with Crippen molar-refractivity contribution in [3.05, 3.63) is 58.7 Å². The first-order valence-corrected chi connectivity index (χ1v) is 11.9. The quantitative estimate of drug-likeness (QED) is 0.436.